The van der Waals surface area contributed by atoms with Crippen molar-refractivity contribution >= 4 is 39.1 Å². The van der Waals surface area contributed by atoms with Crippen LogP contribution < -0.4 is 9.62 Å². The summed E-state index contributed by atoms with van der Waals surface area (Å²) in [5.74, 6) is -0.446. The Bertz CT molecular complexity index is 1300. The summed E-state index contributed by atoms with van der Waals surface area (Å²) in [4.78, 5) is 28.5. The minimum absolute atomic E-state index is 0.0735. The number of halogens is 1. The second-order valence-corrected chi connectivity index (χ2v) is 11.4. The molecule has 0 saturated carbocycles. The van der Waals surface area contributed by atoms with Crippen molar-refractivity contribution in [2.24, 2.45) is 0 Å². The standard InChI is InChI=1S/C29H34ClN3O4S/c1-3-31-29(35)27(20-23-12-6-4-7-13-23)32(22-24-14-8-5-9-15-24)28(34)18-11-19-33(38(2,36)37)26-17-10-16-25(30)21-26/h4-10,12-17,21,27H,3,11,18-20,22H2,1-2H3,(H,31,35). The number of hydrogen-bond acceptors (Lipinski definition) is 4. The summed E-state index contributed by atoms with van der Waals surface area (Å²) < 4.78 is 26.3. The zero-order chi connectivity index (χ0) is 27.5. The van der Waals surface area contributed by atoms with Crippen molar-refractivity contribution in [2.75, 3.05) is 23.7 Å². The third-order valence-electron chi connectivity index (χ3n) is 6.07. The Morgan fingerprint density at radius 1 is 0.921 bits per heavy atom. The van der Waals surface area contributed by atoms with E-state index >= 15 is 0 Å². The maximum Gasteiger partial charge on any atom is 0.243 e. The molecule has 7 nitrogen and oxygen atoms in total. The number of nitrogens with one attached hydrogen (secondary N) is 1. The van der Waals surface area contributed by atoms with Gasteiger partial charge in [0.05, 0.1) is 11.9 Å². The van der Waals surface area contributed by atoms with Gasteiger partial charge in [-0.25, -0.2) is 8.42 Å². The Hall–Kier alpha value is -3.36. The molecular weight excluding hydrogens is 522 g/mol. The van der Waals surface area contributed by atoms with E-state index in [9.17, 15) is 18.0 Å². The molecule has 3 rings (SSSR count). The monoisotopic (exact) mass is 555 g/mol. The van der Waals surface area contributed by atoms with Gasteiger partial charge in [0.15, 0.2) is 0 Å². The Balaban J connectivity index is 1.84. The van der Waals surface area contributed by atoms with Crippen molar-refractivity contribution in [3.8, 4) is 0 Å². The van der Waals surface area contributed by atoms with Crippen LogP contribution in [0.2, 0.25) is 5.02 Å². The maximum absolute atomic E-state index is 13.7. The van der Waals surface area contributed by atoms with Gasteiger partial charge in [-0.1, -0.05) is 78.3 Å². The molecule has 0 spiro atoms. The molecule has 0 aliphatic heterocycles. The van der Waals surface area contributed by atoms with Crippen LogP contribution in [0.3, 0.4) is 0 Å². The van der Waals surface area contributed by atoms with Crippen LogP contribution in [0.5, 0.6) is 0 Å². The van der Waals surface area contributed by atoms with Gasteiger partial charge in [0.2, 0.25) is 21.8 Å². The van der Waals surface area contributed by atoms with Crippen LogP contribution in [-0.2, 0) is 32.6 Å². The van der Waals surface area contributed by atoms with Gasteiger partial charge in [-0.3, -0.25) is 13.9 Å². The largest absolute Gasteiger partial charge is 0.355 e. The van der Waals surface area contributed by atoms with Crippen LogP contribution in [-0.4, -0.2) is 50.5 Å². The van der Waals surface area contributed by atoms with E-state index in [-0.39, 0.29) is 37.7 Å². The van der Waals surface area contributed by atoms with Crippen LogP contribution in [0.15, 0.2) is 84.9 Å². The zero-order valence-corrected chi connectivity index (χ0v) is 23.3. The molecule has 0 aliphatic rings. The molecular formula is C29H34ClN3O4S. The van der Waals surface area contributed by atoms with Crippen LogP contribution in [0, 0.1) is 0 Å². The average molecular weight is 556 g/mol. The van der Waals surface area contributed by atoms with Crippen molar-refractivity contribution in [1.82, 2.24) is 10.2 Å². The Labute approximate surface area is 230 Å². The topological polar surface area (TPSA) is 86.8 Å². The SMILES string of the molecule is CCNC(=O)C(Cc1ccccc1)N(Cc1ccccc1)C(=O)CCCN(c1cccc(Cl)c1)S(C)(=O)=O. The summed E-state index contributed by atoms with van der Waals surface area (Å²) in [6.07, 6.45) is 1.84. The molecule has 3 aromatic rings. The normalized spacial score (nSPS) is 12.0. The molecule has 0 heterocycles. The van der Waals surface area contributed by atoms with Crippen molar-refractivity contribution in [2.45, 2.75) is 38.8 Å². The number of nitrogens with zero attached hydrogens (tertiary/aromatic N) is 2. The first-order valence-electron chi connectivity index (χ1n) is 12.6. The van der Waals surface area contributed by atoms with Crippen molar-refractivity contribution in [3.05, 3.63) is 101 Å². The summed E-state index contributed by atoms with van der Waals surface area (Å²) in [6, 6.07) is 25.0. The van der Waals surface area contributed by atoms with Crippen LogP contribution in [0.25, 0.3) is 0 Å². The van der Waals surface area contributed by atoms with Crippen LogP contribution in [0.1, 0.15) is 30.9 Å². The summed E-state index contributed by atoms with van der Waals surface area (Å²) in [7, 11) is -3.59. The van der Waals surface area contributed by atoms with E-state index in [4.69, 9.17) is 11.6 Å². The molecule has 1 atom stereocenters. The van der Waals surface area contributed by atoms with E-state index < -0.39 is 16.1 Å². The van der Waals surface area contributed by atoms with Gasteiger partial charge in [0.25, 0.3) is 0 Å². The highest BCUT2D eigenvalue weighted by Crippen LogP contribution is 2.23. The lowest BCUT2D eigenvalue weighted by molar-refractivity contribution is -0.141. The molecule has 3 aromatic carbocycles. The zero-order valence-electron chi connectivity index (χ0n) is 21.7. The lowest BCUT2D eigenvalue weighted by atomic mass is 10.0. The van der Waals surface area contributed by atoms with Gasteiger partial charge in [-0.2, -0.15) is 0 Å². The third-order valence-corrected chi connectivity index (χ3v) is 7.50. The number of amides is 2. The van der Waals surface area contributed by atoms with Crippen LogP contribution in [0.4, 0.5) is 5.69 Å². The van der Waals surface area contributed by atoms with Crippen molar-refractivity contribution in [1.29, 1.82) is 0 Å². The summed E-state index contributed by atoms with van der Waals surface area (Å²) in [5, 5.41) is 3.30. The lowest BCUT2D eigenvalue weighted by Gasteiger charge is -2.32. The molecule has 1 unspecified atom stereocenters. The Morgan fingerprint density at radius 3 is 2.13 bits per heavy atom. The van der Waals surface area contributed by atoms with E-state index in [1.165, 1.54) is 4.31 Å². The molecule has 202 valence electrons. The highest BCUT2D eigenvalue weighted by Gasteiger charge is 2.30. The van der Waals surface area contributed by atoms with Crippen molar-refractivity contribution in [3.63, 3.8) is 0 Å². The average Bonchev–Trinajstić information content (AvgIpc) is 2.89. The molecule has 0 aliphatic carbocycles. The molecule has 9 heteroatoms. The lowest BCUT2D eigenvalue weighted by Crippen LogP contribution is -2.50. The number of sulfonamides is 1. The number of carbonyl (C=O) groups excluding carboxylic acids is 2. The number of benzene rings is 3. The first-order chi connectivity index (χ1) is 18.2. The van der Waals surface area contributed by atoms with Gasteiger partial charge < -0.3 is 10.2 Å². The van der Waals surface area contributed by atoms with Gasteiger partial charge in [0, 0.05) is 37.5 Å². The van der Waals surface area contributed by atoms with E-state index in [0.717, 1.165) is 17.4 Å². The fourth-order valence-corrected chi connectivity index (χ4v) is 5.40. The van der Waals surface area contributed by atoms with Gasteiger partial charge in [0.1, 0.15) is 6.04 Å². The van der Waals surface area contributed by atoms with Crippen LogP contribution >= 0.6 is 11.6 Å². The second kappa shape index (κ2) is 14.0. The van der Waals surface area contributed by atoms with Gasteiger partial charge in [-0.05, 0) is 42.7 Å². The second-order valence-electron chi connectivity index (χ2n) is 9.03. The highest BCUT2D eigenvalue weighted by molar-refractivity contribution is 7.92. The predicted molar refractivity (Wildman–Crippen MR) is 152 cm³/mol. The molecule has 0 fully saturated rings. The van der Waals surface area contributed by atoms with E-state index in [1.807, 2.05) is 67.6 Å². The van der Waals surface area contributed by atoms with Gasteiger partial charge >= 0.3 is 0 Å². The highest BCUT2D eigenvalue weighted by atomic mass is 35.5. The number of rotatable bonds is 13. The Kier molecular flexibility index (Phi) is 10.7. The number of hydrogen-bond donors (Lipinski definition) is 1. The first-order valence-corrected chi connectivity index (χ1v) is 14.8. The predicted octanol–water partition coefficient (Wildman–Crippen LogP) is 4.66. The molecule has 0 aromatic heterocycles. The van der Waals surface area contributed by atoms with E-state index in [0.29, 0.717) is 23.7 Å². The number of anilines is 1. The molecule has 38 heavy (non-hydrogen) atoms. The summed E-state index contributed by atoms with van der Waals surface area (Å²) >= 11 is 6.08. The van der Waals surface area contributed by atoms with E-state index in [2.05, 4.69) is 5.32 Å². The number of likely N-dealkylation sites (N-methyl/N-ethyl adjacent to an activating group) is 1. The Morgan fingerprint density at radius 2 is 1.55 bits per heavy atom. The summed E-state index contributed by atoms with van der Waals surface area (Å²) in [5.41, 5.74) is 2.29. The molecule has 0 saturated heterocycles. The number of carbonyl (C=O) groups is 2. The maximum atomic E-state index is 13.7. The fourth-order valence-electron chi connectivity index (χ4n) is 4.26. The van der Waals surface area contributed by atoms with Gasteiger partial charge in [-0.15, -0.1) is 0 Å². The molecule has 2 amide bonds. The summed E-state index contributed by atoms with van der Waals surface area (Å²) in [6.45, 7) is 2.66. The molecule has 1 N–H and O–H groups in total. The third kappa shape index (κ3) is 8.60. The van der Waals surface area contributed by atoms with Crippen molar-refractivity contribution < 1.29 is 18.0 Å². The smallest absolute Gasteiger partial charge is 0.243 e. The minimum Gasteiger partial charge on any atom is -0.355 e. The molecule has 0 bridgehead atoms. The van der Waals surface area contributed by atoms with E-state index in [1.54, 1.807) is 29.2 Å². The first kappa shape index (κ1) is 29.2. The quantitative estimate of drug-likeness (QED) is 0.332. The minimum atomic E-state index is -3.59. The molecule has 0 radical (unpaired) electrons. The fraction of sp³-hybridized carbons (Fsp3) is 0.310.